The second-order valence-electron chi connectivity index (χ2n) is 4.58. The van der Waals surface area contributed by atoms with E-state index in [0.29, 0.717) is 16.3 Å². The summed E-state index contributed by atoms with van der Waals surface area (Å²) in [5.41, 5.74) is 3.38. The summed E-state index contributed by atoms with van der Waals surface area (Å²) in [5, 5.41) is 4.39. The van der Waals surface area contributed by atoms with Crippen LogP contribution >= 0.6 is 23.2 Å². The lowest BCUT2D eigenvalue weighted by Crippen LogP contribution is -2.16. The van der Waals surface area contributed by atoms with Crippen LogP contribution in [0.4, 0.5) is 9.18 Å². The highest BCUT2D eigenvalue weighted by molar-refractivity contribution is 6.36. The van der Waals surface area contributed by atoms with Gasteiger partial charge in [0.1, 0.15) is 18.2 Å². The number of hydrazone groups is 1. The Balaban J connectivity index is 2.18. The van der Waals surface area contributed by atoms with Crippen LogP contribution in [0.3, 0.4) is 0 Å². The Labute approximate surface area is 148 Å². The molecule has 0 aliphatic heterocycles. The number of hydrogen-bond donors (Lipinski definition) is 1. The van der Waals surface area contributed by atoms with Gasteiger partial charge >= 0.3 is 6.09 Å². The summed E-state index contributed by atoms with van der Waals surface area (Å²) in [5.74, 6) is 0.00536. The van der Waals surface area contributed by atoms with E-state index in [1.165, 1.54) is 31.5 Å². The first kappa shape index (κ1) is 18.0. The number of nitrogens with zero attached hydrogens (tertiary/aromatic N) is 1. The third-order valence-corrected chi connectivity index (χ3v) is 3.38. The molecule has 126 valence electrons. The van der Waals surface area contributed by atoms with Crippen molar-refractivity contribution in [3.8, 4) is 5.75 Å². The van der Waals surface area contributed by atoms with E-state index in [1.807, 2.05) is 0 Å². The van der Waals surface area contributed by atoms with E-state index in [4.69, 9.17) is 27.9 Å². The maximum atomic E-state index is 12.9. The van der Waals surface area contributed by atoms with Crippen molar-refractivity contribution >= 4 is 35.5 Å². The second kappa shape index (κ2) is 8.52. The molecule has 0 saturated heterocycles. The lowest BCUT2D eigenvalue weighted by Gasteiger charge is -2.11. The van der Waals surface area contributed by atoms with Crippen molar-refractivity contribution in [1.29, 1.82) is 0 Å². The molecule has 0 unspecified atom stereocenters. The first-order chi connectivity index (χ1) is 11.5. The Morgan fingerprint density at radius 1 is 1.29 bits per heavy atom. The number of methoxy groups -OCH3 is 1. The molecule has 0 saturated carbocycles. The van der Waals surface area contributed by atoms with Gasteiger partial charge in [-0.05, 0) is 29.8 Å². The Morgan fingerprint density at radius 3 is 2.67 bits per heavy atom. The first-order valence-corrected chi connectivity index (χ1v) is 7.48. The predicted octanol–water partition coefficient (Wildman–Crippen LogP) is 4.40. The Morgan fingerprint density at radius 2 is 2.00 bits per heavy atom. The maximum absolute atomic E-state index is 12.9. The summed E-state index contributed by atoms with van der Waals surface area (Å²) in [6.45, 7) is 0.174. The molecular weight excluding hydrogens is 358 g/mol. The molecule has 0 radical (unpaired) electrons. The van der Waals surface area contributed by atoms with Crippen LogP contribution in [0.2, 0.25) is 10.0 Å². The van der Waals surface area contributed by atoms with Gasteiger partial charge in [-0.15, -0.1) is 0 Å². The highest BCUT2D eigenvalue weighted by atomic mass is 35.5. The van der Waals surface area contributed by atoms with Gasteiger partial charge < -0.3 is 9.47 Å². The molecule has 0 spiro atoms. The monoisotopic (exact) mass is 370 g/mol. The minimum atomic E-state index is -0.715. The van der Waals surface area contributed by atoms with Crippen molar-refractivity contribution in [3.05, 3.63) is 63.4 Å². The van der Waals surface area contributed by atoms with E-state index in [0.717, 1.165) is 5.56 Å². The van der Waals surface area contributed by atoms with Crippen molar-refractivity contribution in [1.82, 2.24) is 5.43 Å². The lowest BCUT2D eigenvalue weighted by atomic mass is 10.2. The minimum absolute atomic E-state index is 0.174. The number of benzene rings is 2. The zero-order valence-electron chi connectivity index (χ0n) is 12.6. The smallest absolute Gasteiger partial charge is 0.427 e. The lowest BCUT2D eigenvalue weighted by molar-refractivity contribution is 0.171. The molecule has 2 rings (SSSR count). The van der Waals surface area contributed by atoms with Crippen LogP contribution in [-0.2, 0) is 11.3 Å². The fraction of sp³-hybridized carbons (Fsp3) is 0.125. The van der Waals surface area contributed by atoms with Crippen molar-refractivity contribution in [3.63, 3.8) is 0 Å². The number of carbonyl (C=O) groups excluding carboxylic acids is 1. The molecule has 0 aliphatic carbocycles. The van der Waals surface area contributed by atoms with Crippen LogP contribution in [0.15, 0.2) is 41.5 Å². The third-order valence-electron chi connectivity index (χ3n) is 2.88. The standard InChI is InChI=1S/C16H13Cl2FN2O3/c1-23-16(22)21-20-8-11-6-12(17)7-14(18)15(11)24-9-10-2-4-13(19)5-3-10/h2-8H,9H2,1H3,(H,21,22)/b20-8+. The van der Waals surface area contributed by atoms with E-state index in [1.54, 1.807) is 18.2 Å². The van der Waals surface area contributed by atoms with Crippen LogP contribution in [0.5, 0.6) is 5.75 Å². The quantitative estimate of drug-likeness (QED) is 0.626. The number of rotatable bonds is 5. The number of amides is 1. The fourth-order valence-corrected chi connectivity index (χ4v) is 2.33. The van der Waals surface area contributed by atoms with Crippen LogP contribution in [-0.4, -0.2) is 19.4 Å². The van der Waals surface area contributed by atoms with Gasteiger partial charge in [-0.2, -0.15) is 5.10 Å². The molecule has 0 bridgehead atoms. The van der Waals surface area contributed by atoms with Gasteiger partial charge in [-0.1, -0.05) is 35.3 Å². The topological polar surface area (TPSA) is 59.9 Å². The molecule has 1 N–H and O–H groups in total. The molecule has 0 heterocycles. The van der Waals surface area contributed by atoms with Gasteiger partial charge in [0, 0.05) is 10.6 Å². The SMILES string of the molecule is COC(=O)N/N=C/c1cc(Cl)cc(Cl)c1OCc1ccc(F)cc1. The van der Waals surface area contributed by atoms with Crippen LogP contribution in [0.25, 0.3) is 0 Å². The largest absolute Gasteiger partial charge is 0.487 e. The summed E-state index contributed by atoms with van der Waals surface area (Å²) >= 11 is 12.1. The Bertz CT molecular complexity index is 752. The molecule has 2 aromatic rings. The molecule has 5 nitrogen and oxygen atoms in total. The van der Waals surface area contributed by atoms with E-state index in [9.17, 15) is 9.18 Å². The Kier molecular flexibility index (Phi) is 6.40. The maximum Gasteiger partial charge on any atom is 0.427 e. The molecule has 0 fully saturated rings. The zero-order valence-corrected chi connectivity index (χ0v) is 14.1. The van der Waals surface area contributed by atoms with Crippen LogP contribution in [0, 0.1) is 5.82 Å². The molecule has 8 heteroatoms. The summed E-state index contributed by atoms with van der Waals surface area (Å²) in [7, 11) is 1.22. The average molecular weight is 371 g/mol. The summed E-state index contributed by atoms with van der Waals surface area (Å²) in [6, 6.07) is 8.98. The molecule has 2 aromatic carbocycles. The summed E-state index contributed by atoms with van der Waals surface area (Å²) < 4.78 is 23.0. The van der Waals surface area contributed by atoms with Gasteiger partial charge in [-0.3, -0.25) is 0 Å². The van der Waals surface area contributed by atoms with E-state index < -0.39 is 6.09 Å². The fourth-order valence-electron chi connectivity index (χ4n) is 1.76. The van der Waals surface area contributed by atoms with Crippen molar-refractivity contribution in [2.24, 2.45) is 5.10 Å². The van der Waals surface area contributed by atoms with E-state index in [-0.39, 0.29) is 17.4 Å². The first-order valence-electron chi connectivity index (χ1n) is 6.73. The van der Waals surface area contributed by atoms with E-state index >= 15 is 0 Å². The summed E-state index contributed by atoms with van der Waals surface area (Å²) in [4.78, 5) is 11.0. The van der Waals surface area contributed by atoms with Gasteiger partial charge in [0.05, 0.1) is 18.3 Å². The van der Waals surface area contributed by atoms with Crippen LogP contribution < -0.4 is 10.2 Å². The zero-order chi connectivity index (χ0) is 17.5. The molecule has 0 aromatic heterocycles. The highest BCUT2D eigenvalue weighted by Crippen LogP contribution is 2.32. The summed E-state index contributed by atoms with van der Waals surface area (Å²) in [6.07, 6.45) is 0.613. The molecule has 0 atom stereocenters. The molecule has 1 amide bonds. The van der Waals surface area contributed by atoms with E-state index in [2.05, 4.69) is 15.3 Å². The van der Waals surface area contributed by atoms with Gasteiger partial charge in [0.2, 0.25) is 0 Å². The second-order valence-corrected chi connectivity index (χ2v) is 5.43. The predicted molar refractivity (Wildman–Crippen MR) is 90.3 cm³/mol. The number of halogens is 3. The number of carbonyl (C=O) groups is 1. The van der Waals surface area contributed by atoms with Gasteiger partial charge in [-0.25, -0.2) is 14.6 Å². The van der Waals surface area contributed by atoms with Gasteiger partial charge in [0.25, 0.3) is 0 Å². The highest BCUT2D eigenvalue weighted by Gasteiger charge is 2.10. The number of hydrogen-bond acceptors (Lipinski definition) is 4. The number of ether oxygens (including phenoxy) is 2. The van der Waals surface area contributed by atoms with Crippen molar-refractivity contribution < 1.29 is 18.7 Å². The van der Waals surface area contributed by atoms with Crippen molar-refractivity contribution in [2.75, 3.05) is 7.11 Å². The average Bonchev–Trinajstić information content (AvgIpc) is 2.55. The van der Waals surface area contributed by atoms with Crippen molar-refractivity contribution in [2.45, 2.75) is 6.61 Å². The van der Waals surface area contributed by atoms with Crippen LogP contribution in [0.1, 0.15) is 11.1 Å². The van der Waals surface area contributed by atoms with Gasteiger partial charge in [0.15, 0.2) is 0 Å². The molecule has 24 heavy (non-hydrogen) atoms. The molecular formula is C16H13Cl2FN2O3. The normalized spacial score (nSPS) is 10.7. The minimum Gasteiger partial charge on any atom is -0.487 e. The Hall–Kier alpha value is -2.31. The third kappa shape index (κ3) is 5.11. The molecule has 0 aliphatic rings. The number of nitrogens with one attached hydrogen (secondary N) is 1.